The summed E-state index contributed by atoms with van der Waals surface area (Å²) in [6, 6.07) is 9.98. The van der Waals surface area contributed by atoms with E-state index in [1.54, 1.807) is 24.3 Å². The van der Waals surface area contributed by atoms with Crippen LogP contribution >= 0.6 is 0 Å². The third-order valence-corrected chi connectivity index (χ3v) is 4.21. The van der Waals surface area contributed by atoms with Crippen molar-refractivity contribution in [3.63, 3.8) is 0 Å². The van der Waals surface area contributed by atoms with Crippen LogP contribution in [0.1, 0.15) is 23.5 Å². The van der Waals surface area contributed by atoms with Gasteiger partial charge in [-0.1, -0.05) is 12.1 Å². The van der Waals surface area contributed by atoms with E-state index in [1.165, 1.54) is 0 Å². The Hall–Kier alpha value is -2.96. The summed E-state index contributed by atoms with van der Waals surface area (Å²) >= 11 is 0. The second kappa shape index (κ2) is 7.51. The Balaban J connectivity index is 1.54. The van der Waals surface area contributed by atoms with Crippen LogP contribution in [-0.4, -0.2) is 23.6 Å². The smallest absolute Gasteiger partial charge is 0.341 e. The monoisotopic (exact) mass is 361 g/mol. The lowest BCUT2D eigenvalue weighted by Gasteiger charge is -2.08. The molecule has 0 bridgehead atoms. The molecule has 0 aliphatic heterocycles. The molecule has 2 aromatic carbocycles. The summed E-state index contributed by atoms with van der Waals surface area (Å²) in [6.07, 6.45) is 0.480. The third-order valence-electron chi connectivity index (χ3n) is 4.21. The molecule has 3 rings (SSSR count). The molecule has 1 amide bonds. The summed E-state index contributed by atoms with van der Waals surface area (Å²) < 4.78 is 32.1. The fraction of sp³-hybridized carbons (Fsp3) is 0.263. The summed E-state index contributed by atoms with van der Waals surface area (Å²) in [5.74, 6) is -2.62. The summed E-state index contributed by atoms with van der Waals surface area (Å²) in [6.45, 7) is -0.212. The molecular weight excluding hydrogens is 344 g/mol. The van der Waals surface area contributed by atoms with E-state index in [1.807, 2.05) is 0 Å². The molecule has 0 unspecified atom stereocenters. The lowest BCUT2D eigenvalue weighted by Crippen LogP contribution is -2.25. The zero-order valence-electron chi connectivity index (χ0n) is 13.7. The van der Waals surface area contributed by atoms with Crippen LogP contribution in [0.5, 0.6) is 5.75 Å². The fourth-order valence-corrected chi connectivity index (χ4v) is 2.84. The van der Waals surface area contributed by atoms with Crippen LogP contribution in [0.25, 0.3) is 0 Å². The maximum absolute atomic E-state index is 13.8. The van der Waals surface area contributed by atoms with Gasteiger partial charge in [-0.2, -0.15) is 0 Å². The number of hydrogen-bond acceptors (Lipinski definition) is 3. The number of amides is 1. The van der Waals surface area contributed by atoms with Gasteiger partial charge in [0.15, 0.2) is 6.61 Å². The summed E-state index contributed by atoms with van der Waals surface area (Å²) in [4.78, 5) is 22.7. The highest BCUT2D eigenvalue weighted by Gasteiger charge is 2.45. The van der Waals surface area contributed by atoms with E-state index in [2.05, 4.69) is 5.32 Å². The fourth-order valence-electron chi connectivity index (χ4n) is 2.84. The molecular formula is C19H17F2NO4. The number of carboxylic acids is 1. The Labute approximate surface area is 148 Å². The first-order valence-corrected chi connectivity index (χ1v) is 8.10. The standard InChI is InChI=1S/C19H17F2NO4/c20-12-4-5-17(21)15(7-12)14-8-16(14)19(25)22-9-11-2-1-3-13(6-11)26-10-18(23)24/h1-7,14,16H,8-10H2,(H,22,25)(H,23,24)/t14-,16-/m0/s1. The lowest BCUT2D eigenvalue weighted by molar-refractivity contribution is -0.139. The zero-order chi connectivity index (χ0) is 18.7. The number of carbonyl (C=O) groups is 2. The molecule has 0 saturated heterocycles. The van der Waals surface area contributed by atoms with Gasteiger partial charge in [0.2, 0.25) is 5.91 Å². The van der Waals surface area contributed by atoms with E-state index >= 15 is 0 Å². The SMILES string of the molecule is O=C(O)COc1cccc(CNC(=O)[C@H]2C[C@H]2c2cc(F)ccc2F)c1. The number of nitrogens with one attached hydrogen (secondary N) is 1. The van der Waals surface area contributed by atoms with Crippen LogP contribution in [0.3, 0.4) is 0 Å². The van der Waals surface area contributed by atoms with E-state index < -0.39 is 24.2 Å². The average molecular weight is 361 g/mol. The van der Waals surface area contributed by atoms with Gasteiger partial charge >= 0.3 is 5.97 Å². The van der Waals surface area contributed by atoms with Crippen molar-refractivity contribution in [1.29, 1.82) is 0 Å². The molecule has 7 heteroatoms. The van der Waals surface area contributed by atoms with Crippen molar-refractivity contribution >= 4 is 11.9 Å². The third kappa shape index (κ3) is 4.36. The van der Waals surface area contributed by atoms with Crippen molar-refractivity contribution in [1.82, 2.24) is 5.32 Å². The molecule has 2 N–H and O–H groups in total. The van der Waals surface area contributed by atoms with Crippen LogP contribution in [0.15, 0.2) is 42.5 Å². The average Bonchev–Trinajstić information content (AvgIpc) is 3.41. The lowest BCUT2D eigenvalue weighted by atomic mass is 10.1. The molecule has 1 aliphatic rings. The molecule has 2 aromatic rings. The molecule has 136 valence electrons. The van der Waals surface area contributed by atoms with E-state index in [0.717, 1.165) is 23.8 Å². The largest absolute Gasteiger partial charge is 0.482 e. The Morgan fingerprint density at radius 2 is 2.00 bits per heavy atom. The van der Waals surface area contributed by atoms with Crippen molar-refractivity contribution in [3.05, 3.63) is 65.2 Å². The van der Waals surface area contributed by atoms with Crippen molar-refractivity contribution < 1.29 is 28.2 Å². The first-order valence-electron chi connectivity index (χ1n) is 8.10. The molecule has 0 aromatic heterocycles. The number of carbonyl (C=O) groups excluding carboxylic acids is 1. The predicted molar refractivity (Wildman–Crippen MR) is 88.6 cm³/mol. The number of carboxylic acid groups (broad SMARTS) is 1. The molecule has 1 saturated carbocycles. The number of aliphatic carboxylic acids is 1. The maximum Gasteiger partial charge on any atom is 0.341 e. The highest BCUT2D eigenvalue weighted by Crippen LogP contribution is 2.48. The van der Waals surface area contributed by atoms with Gasteiger partial charge in [0.05, 0.1) is 0 Å². The van der Waals surface area contributed by atoms with Gasteiger partial charge in [0.1, 0.15) is 17.4 Å². The number of rotatable bonds is 7. The Morgan fingerprint density at radius 1 is 1.19 bits per heavy atom. The number of benzene rings is 2. The maximum atomic E-state index is 13.8. The van der Waals surface area contributed by atoms with Crippen LogP contribution in [-0.2, 0) is 16.1 Å². The quantitative estimate of drug-likeness (QED) is 0.795. The minimum Gasteiger partial charge on any atom is -0.482 e. The van der Waals surface area contributed by atoms with E-state index in [-0.39, 0.29) is 29.9 Å². The molecule has 0 spiro atoms. The molecule has 1 fully saturated rings. The van der Waals surface area contributed by atoms with Crippen molar-refractivity contribution in [2.24, 2.45) is 5.92 Å². The highest BCUT2D eigenvalue weighted by atomic mass is 19.1. The van der Waals surface area contributed by atoms with E-state index in [9.17, 15) is 18.4 Å². The van der Waals surface area contributed by atoms with Gasteiger partial charge in [0, 0.05) is 12.5 Å². The van der Waals surface area contributed by atoms with Crippen LogP contribution in [0.4, 0.5) is 8.78 Å². The number of halogens is 2. The van der Waals surface area contributed by atoms with Gasteiger partial charge in [-0.05, 0) is 53.8 Å². The summed E-state index contributed by atoms with van der Waals surface area (Å²) in [5, 5.41) is 11.4. The normalized spacial score (nSPS) is 18.2. The second-order valence-corrected chi connectivity index (χ2v) is 6.16. The number of hydrogen-bond donors (Lipinski definition) is 2. The predicted octanol–water partition coefficient (Wildman–Crippen LogP) is 2.85. The molecule has 2 atom stereocenters. The number of ether oxygens (including phenoxy) is 1. The minimum absolute atomic E-state index is 0.226. The summed E-state index contributed by atoms with van der Waals surface area (Å²) in [7, 11) is 0. The minimum atomic E-state index is -1.08. The van der Waals surface area contributed by atoms with Gasteiger partial charge < -0.3 is 15.2 Å². The van der Waals surface area contributed by atoms with Crippen molar-refractivity contribution in [2.75, 3.05) is 6.61 Å². The van der Waals surface area contributed by atoms with Crippen molar-refractivity contribution in [2.45, 2.75) is 18.9 Å². The van der Waals surface area contributed by atoms with Crippen LogP contribution in [0, 0.1) is 17.6 Å². The zero-order valence-corrected chi connectivity index (χ0v) is 13.7. The Kier molecular flexibility index (Phi) is 5.16. The van der Waals surface area contributed by atoms with Gasteiger partial charge in [-0.3, -0.25) is 4.79 Å². The first kappa shape index (κ1) is 17.8. The Morgan fingerprint density at radius 3 is 2.77 bits per heavy atom. The van der Waals surface area contributed by atoms with E-state index in [4.69, 9.17) is 9.84 Å². The van der Waals surface area contributed by atoms with Crippen molar-refractivity contribution in [3.8, 4) is 5.75 Å². The Bertz CT molecular complexity index is 840. The summed E-state index contributed by atoms with van der Waals surface area (Å²) in [5.41, 5.74) is 0.976. The van der Waals surface area contributed by atoms with Crippen LogP contribution in [0.2, 0.25) is 0 Å². The molecule has 1 aliphatic carbocycles. The molecule has 26 heavy (non-hydrogen) atoms. The highest BCUT2D eigenvalue weighted by molar-refractivity contribution is 5.82. The van der Waals surface area contributed by atoms with Crippen LogP contribution < -0.4 is 10.1 Å². The second-order valence-electron chi connectivity index (χ2n) is 6.16. The van der Waals surface area contributed by atoms with Gasteiger partial charge in [-0.25, -0.2) is 13.6 Å². The van der Waals surface area contributed by atoms with Gasteiger partial charge in [-0.15, -0.1) is 0 Å². The first-order chi connectivity index (χ1) is 12.4. The molecule has 5 nitrogen and oxygen atoms in total. The van der Waals surface area contributed by atoms with Gasteiger partial charge in [0.25, 0.3) is 0 Å². The van der Waals surface area contributed by atoms with E-state index in [0.29, 0.717) is 12.2 Å². The molecule has 0 heterocycles. The topological polar surface area (TPSA) is 75.6 Å². The molecule has 0 radical (unpaired) electrons.